The third kappa shape index (κ3) is 3.09. The van der Waals surface area contributed by atoms with Crippen LogP contribution in [0.1, 0.15) is 35.7 Å². The van der Waals surface area contributed by atoms with Gasteiger partial charge in [0.25, 0.3) is 0 Å². The van der Waals surface area contributed by atoms with E-state index in [9.17, 15) is 14.3 Å². The van der Waals surface area contributed by atoms with Crippen molar-refractivity contribution in [3.63, 3.8) is 0 Å². The molecule has 3 rings (SSSR count). The standard InChI is InChI=1S/C21H23FO5/c1-21(2)17(11-6-7-13(22)14(23)8-11)18(21)19(24)12-9-15(25-3)20(27-5)16(10-12)26-4/h6-10,17-18,23H,1-5H3. The topological polar surface area (TPSA) is 65.0 Å². The normalized spacial score (nSPS) is 20.1. The SMILES string of the molecule is COc1cc(C(=O)C2C(c3ccc(F)c(O)c3)C2(C)C)cc(OC)c1OC. The predicted molar refractivity (Wildman–Crippen MR) is 98.5 cm³/mol. The summed E-state index contributed by atoms with van der Waals surface area (Å²) in [5.41, 5.74) is 0.878. The fraction of sp³-hybridized carbons (Fsp3) is 0.381. The molecule has 1 saturated carbocycles. The van der Waals surface area contributed by atoms with Crippen LogP contribution >= 0.6 is 0 Å². The molecule has 5 nitrogen and oxygen atoms in total. The van der Waals surface area contributed by atoms with Crippen molar-refractivity contribution in [2.24, 2.45) is 11.3 Å². The lowest BCUT2D eigenvalue weighted by atomic mass is 10.0. The van der Waals surface area contributed by atoms with Gasteiger partial charge in [0.05, 0.1) is 21.3 Å². The van der Waals surface area contributed by atoms with Gasteiger partial charge in [0.2, 0.25) is 5.75 Å². The first-order chi connectivity index (χ1) is 12.8. The first kappa shape index (κ1) is 19.0. The van der Waals surface area contributed by atoms with E-state index in [1.54, 1.807) is 18.2 Å². The number of carbonyl (C=O) groups excluding carboxylic acids is 1. The second kappa shape index (κ2) is 6.76. The summed E-state index contributed by atoms with van der Waals surface area (Å²) in [7, 11) is 4.50. The summed E-state index contributed by atoms with van der Waals surface area (Å²) in [4.78, 5) is 13.2. The minimum Gasteiger partial charge on any atom is -0.505 e. The maximum Gasteiger partial charge on any atom is 0.203 e. The van der Waals surface area contributed by atoms with Gasteiger partial charge in [0.15, 0.2) is 28.8 Å². The summed E-state index contributed by atoms with van der Waals surface area (Å²) < 4.78 is 29.3. The Balaban J connectivity index is 1.97. The first-order valence-corrected chi connectivity index (χ1v) is 8.58. The highest BCUT2D eigenvalue weighted by Gasteiger charge is 2.62. The molecule has 0 aromatic heterocycles. The van der Waals surface area contributed by atoms with Crippen LogP contribution in [0.4, 0.5) is 4.39 Å². The van der Waals surface area contributed by atoms with Crippen LogP contribution < -0.4 is 14.2 Å². The Kier molecular flexibility index (Phi) is 4.76. The van der Waals surface area contributed by atoms with Gasteiger partial charge in [-0.3, -0.25) is 4.79 Å². The molecule has 0 heterocycles. The lowest BCUT2D eigenvalue weighted by Crippen LogP contribution is -2.08. The van der Waals surface area contributed by atoms with Gasteiger partial charge in [-0.25, -0.2) is 4.39 Å². The van der Waals surface area contributed by atoms with E-state index in [4.69, 9.17) is 14.2 Å². The minimum atomic E-state index is -0.676. The number of ketones is 1. The molecule has 0 saturated heterocycles. The van der Waals surface area contributed by atoms with Gasteiger partial charge in [0, 0.05) is 17.4 Å². The average Bonchev–Trinajstić information content (AvgIpc) is 3.23. The van der Waals surface area contributed by atoms with Crippen LogP contribution in [-0.4, -0.2) is 32.2 Å². The average molecular weight is 374 g/mol. The van der Waals surface area contributed by atoms with Crippen molar-refractivity contribution in [1.82, 2.24) is 0 Å². The number of benzene rings is 2. The van der Waals surface area contributed by atoms with Crippen molar-refractivity contribution >= 4 is 5.78 Å². The van der Waals surface area contributed by atoms with E-state index in [0.717, 1.165) is 5.56 Å². The molecule has 1 aliphatic rings. The number of hydrogen-bond acceptors (Lipinski definition) is 5. The Hall–Kier alpha value is -2.76. The van der Waals surface area contributed by atoms with Gasteiger partial charge in [-0.15, -0.1) is 0 Å². The van der Waals surface area contributed by atoms with Crippen molar-refractivity contribution < 1.29 is 28.5 Å². The summed E-state index contributed by atoms with van der Waals surface area (Å²) in [6.07, 6.45) is 0. The van der Waals surface area contributed by atoms with Crippen molar-refractivity contribution in [1.29, 1.82) is 0 Å². The highest BCUT2D eigenvalue weighted by atomic mass is 19.1. The van der Waals surface area contributed by atoms with Crippen LogP contribution in [-0.2, 0) is 0 Å². The Morgan fingerprint density at radius 1 is 1.04 bits per heavy atom. The Labute approximate surface area is 157 Å². The number of Topliss-reactive ketones (excluding diaryl/α,β-unsaturated/α-hetero) is 1. The van der Waals surface area contributed by atoms with Crippen LogP contribution in [0.5, 0.6) is 23.0 Å². The van der Waals surface area contributed by atoms with Gasteiger partial charge < -0.3 is 19.3 Å². The predicted octanol–water partition coefficient (Wildman–Crippen LogP) is 4.18. The molecule has 0 spiro atoms. The molecular weight excluding hydrogens is 351 g/mol. The number of phenols is 1. The van der Waals surface area contributed by atoms with Crippen molar-refractivity contribution in [2.75, 3.05) is 21.3 Å². The van der Waals surface area contributed by atoms with Gasteiger partial charge >= 0.3 is 0 Å². The monoisotopic (exact) mass is 374 g/mol. The maximum atomic E-state index is 13.4. The molecule has 0 aliphatic heterocycles. The van der Waals surface area contributed by atoms with E-state index in [-0.39, 0.29) is 23.0 Å². The Bertz CT molecular complexity index is 865. The fourth-order valence-corrected chi connectivity index (χ4v) is 3.88. The molecule has 0 amide bonds. The molecule has 1 aliphatic carbocycles. The molecule has 1 fully saturated rings. The molecule has 1 N–H and O–H groups in total. The van der Waals surface area contributed by atoms with Crippen molar-refractivity contribution in [3.8, 4) is 23.0 Å². The molecule has 27 heavy (non-hydrogen) atoms. The molecular formula is C21H23FO5. The quantitative estimate of drug-likeness (QED) is 0.769. The van der Waals surface area contributed by atoms with Crippen LogP contribution in [0.15, 0.2) is 30.3 Å². The minimum absolute atomic E-state index is 0.0620. The van der Waals surface area contributed by atoms with Crippen molar-refractivity contribution in [2.45, 2.75) is 19.8 Å². The van der Waals surface area contributed by atoms with E-state index >= 15 is 0 Å². The number of rotatable bonds is 6. The smallest absolute Gasteiger partial charge is 0.203 e. The first-order valence-electron chi connectivity index (χ1n) is 8.58. The fourth-order valence-electron chi connectivity index (χ4n) is 3.88. The second-order valence-electron chi connectivity index (χ2n) is 7.27. The van der Waals surface area contributed by atoms with Gasteiger partial charge in [-0.05, 0) is 35.2 Å². The molecule has 0 bridgehead atoms. The second-order valence-corrected chi connectivity index (χ2v) is 7.27. The molecule has 0 radical (unpaired) electrons. The van der Waals surface area contributed by atoms with E-state index in [0.29, 0.717) is 22.8 Å². The lowest BCUT2D eigenvalue weighted by Gasteiger charge is -2.14. The highest BCUT2D eigenvalue weighted by Crippen LogP contribution is 2.65. The number of aromatic hydroxyl groups is 1. The summed E-state index contributed by atoms with van der Waals surface area (Å²) >= 11 is 0. The third-order valence-electron chi connectivity index (χ3n) is 5.39. The lowest BCUT2D eigenvalue weighted by molar-refractivity contribution is 0.0951. The number of phenolic OH excluding ortho intramolecular Hbond substituents is 1. The van der Waals surface area contributed by atoms with Gasteiger partial charge in [-0.1, -0.05) is 19.9 Å². The van der Waals surface area contributed by atoms with Crippen LogP contribution in [0.2, 0.25) is 0 Å². The van der Waals surface area contributed by atoms with Crippen molar-refractivity contribution in [3.05, 3.63) is 47.3 Å². The van der Waals surface area contributed by atoms with Crippen LogP contribution in [0.3, 0.4) is 0 Å². The molecule has 144 valence electrons. The number of halogens is 1. The molecule has 2 unspecified atom stereocenters. The van der Waals surface area contributed by atoms with Gasteiger partial charge in [-0.2, -0.15) is 0 Å². The number of ether oxygens (including phenoxy) is 3. The highest BCUT2D eigenvalue weighted by molar-refractivity contribution is 6.02. The van der Waals surface area contributed by atoms with Gasteiger partial charge in [0.1, 0.15) is 0 Å². The number of methoxy groups -OCH3 is 3. The Morgan fingerprint density at radius 3 is 2.11 bits per heavy atom. The summed E-state index contributed by atoms with van der Waals surface area (Å²) in [5.74, 6) is -0.316. The number of hydrogen-bond donors (Lipinski definition) is 1. The molecule has 6 heteroatoms. The third-order valence-corrected chi connectivity index (χ3v) is 5.39. The summed E-state index contributed by atoms with van der Waals surface area (Å²) in [6.45, 7) is 3.97. The maximum absolute atomic E-state index is 13.4. The van der Waals surface area contributed by atoms with Crippen LogP contribution in [0.25, 0.3) is 0 Å². The van der Waals surface area contributed by atoms with Crippen LogP contribution in [0, 0.1) is 17.2 Å². The summed E-state index contributed by atoms with van der Waals surface area (Å²) in [5, 5.41) is 9.68. The van der Waals surface area contributed by atoms with E-state index < -0.39 is 11.6 Å². The molecule has 2 aromatic rings. The zero-order chi connectivity index (χ0) is 19.9. The van der Waals surface area contributed by atoms with E-state index in [1.165, 1.54) is 33.5 Å². The van der Waals surface area contributed by atoms with E-state index in [1.807, 2.05) is 13.8 Å². The van der Waals surface area contributed by atoms with E-state index in [2.05, 4.69) is 0 Å². The zero-order valence-electron chi connectivity index (χ0n) is 16.0. The Morgan fingerprint density at radius 2 is 1.63 bits per heavy atom. The molecule has 2 aromatic carbocycles. The number of carbonyl (C=O) groups is 1. The largest absolute Gasteiger partial charge is 0.505 e. The zero-order valence-corrected chi connectivity index (χ0v) is 16.0. The summed E-state index contributed by atoms with van der Waals surface area (Å²) in [6, 6.07) is 7.50. The molecule has 2 atom stereocenters.